The molecule has 0 saturated carbocycles. The summed E-state index contributed by atoms with van der Waals surface area (Å²) in [6, 6.07) is 20.7. The number of nitrogens with one attached hydrogen (secondary N) is 1. The Balaban J connectivity index is 1.93. The molecule has 3 aromatic rings. The molecule has 1 aromatic heterocycles. The molecule has 0 spiro atoms. The quantitative estimate of drug-likeness (QED) is 0.531. The van der Waals surface area contributed by atoms with Gasteiger partial charge in [-0.1, -0.05) is 36.4 Å². The lowest BCUT2D eigenvalue weighted by Crippen LogP contribution is -2.34. The molecule has 25 heavy (non-hydrogen) atoms. The molecule has 3 rings (SSSR count). The molecular formula is C19H16N3O3+. The predicted molar refractivity (Wildman–Crippen MR) is 93.0 cm³/mol. The van der Waals surface area contributed by atoms with Crippen LogP contribution in [0.1, 0.15) is 15.9 Å². The van der Waals surface area contributed by atoms with E-state index in [1.54, 1.807) is 11.1 Å². The molecule has 6 nitrogen and oxygen atoms in total. The largest absolute Gasteiger partial charge is 0.341 e. The molecule has 0 aliphatic heterocycles. The zero-order chi connectivity index (χ0) is 17.6. The Morgan fingerprint density at radius 3 is 2.24 bits per heavy atom. The number of benzene rings is 2. The normalized spacial score (nSPS) is 10.2. The van der Waals surface area contributed by atoms with Gasteiger partial charge >= 0.3 is 5.91 Å². The number of nitrogens with zero attached hydrogens (tertiary/aromatic N) is 2. The lowest BCUT2D eigenvalue weighted by atomic mass is 10.1. The van der Waals surface area contributed by atoms with Crippen LogP contribution in [0.4, 0.5) is 11.5 Å². The third kappa shape index (κ3) is 3.87. The molecule has 0 radical (unpaired) electrons. The van der Waals surface area contributed by atoms with Crippen molar-refractivity contribution >= 4 is 17.4 Å². The van der Waals surface area contributed by atoms with Crippen molar-refractivity contribution in [1.82, 2.24) is 0 Å². The van der Waals surface area contributed by atoms with E-state index in [-0.39, 0.29) is 11.6 Å². The third-order valence-corrected chi connectivity index (χ3v) is 3.74. The maximum atomic E-state index is 13.0. The van der Waals surface area contributed by atoms with Crippen LogP contribution in [-0.2, 0) is 6.54 Å². The SMILES string of the molecule is O=C(c1ccc([N+](=O)[O-])cc1)N(Cc1ccccc1)c1cccc[nH+]1. The number of nitro benzene ring substituents is 1. The summed E-state index contributed by atoms with van der Waals surface area (Å²) in [6.07, 6.45) is 1.75. The first-order chi connectivity index (χ1) is 12.1. The highest BCUT2D eigenvalue weighted by Crippen LogP contribution is 2.18. The average Bonchev–Trinajstić information content (AvgIpc) is 2.67. The topological polar surface area (TPSA) is 77.6 Å². The fourth-order valence-electron chi connectivity index (χ4n) is 2.47. The van der Waals surface area contributed by atoms with Crippen LogP contribution in [0.25, 0.3) is 0 Å². The van der Waals surface area contributed by atoms with E-state index >= 15 is 0 Å². The molecule has 0 saturated heterocycles. The van der Waals surface area contributed by atoms with Crippen LogP contribution in [0.5, 0.6) is 0 Å². The summed E-state index contributed by atoms with van der Waals surface area (Å²) < 4.78 is 0. The zero-order valence-electron chi connectivity index (χ0n) is 13.3. The Bertz CT molecular complexity index is 865. The van der Waals surface area contributed by atoms with E-state index in [4.69, 9.17) is 0 Å². The minimum Gasteiger partial charge on any atom is -0.258 e. The van der Waals surface area contributed by atoms with Crippen molar-refractivity contribution in [1.29, 1.82) is 0 Å². The van der Waals surface area contributed by atoms with Crippen LogP contribution >= 0.6 is 0 Å². The molecule has 124 valence electrons. The Morgan fingerprint density at radius 2 is 1.64 bits per heavy atom. The standard InChI is InChI=1S/C19H15N3O3/c23-19(16-9-11-17(12-10-16)22(24)25)21(18-8-4-5-13-20-18)14-15-6-2-1-3-7-15/h1-13H,14H2/p+1. The first kappa shape index (κ1) is 16.3. The number of non-ortho nitro benzene ring substituents is 1. The van der Waals surface area contributed by atoms with E-state index < -0.39 is 4.92 Å². The van der Waals surface area contributed by atoms with Gasteiger partial charge in [-0.15, -0.1) is 0 Å². The van der Waals surface area contributed by atoms with Crippen molar-refractivity contribution in [2.75, 3.05) is 4.90 Å². The van der Waals surface area contributed by atoms with Crippen molar-refractivity contribution in [2.45, 2.75) is 6.54 Å². The lowest BCUT2D eigenvalue weighted by molar-refractivity contribution is -0.384. The van der Waals surface area contributed by atoms with E-state index in [9.17, 15) is 14.9 Å². The predicted octanol–water partition coefficient (Wildman–Crippen LogP) is 3.26. The number of aromatic nitrogens is 1. The number of nitro groups is 1. The monoisotopic (exact) mass is 334 g/mol. The second-order valence-electron chi connectivity index (χ2n) is 5.43. The molecule has 0 unspecified atom stereocenters. The summed E-state index contributed by atoms with van der Waals surface area (Å²) in [5.74, 6) is 0.413. The van der Waals surface area contributed by atoms with Gasteiger partial charge in [0.2, 0.25) is 0 Å². The number of rotatable bonds is 5. The van der Waals surface area contributed by atoms with Crippen molar-refractivity contribution in [3.63, 3.8) is 0 Å². The highest BCUT2D eigenvalue weighted by Gasteiger charge is 2.26. The summed E-state index contributed by atoms with van der Waals surface area (Å²) in [5, 5.41) is 10.8. The smallest absolute Gasteiger partial charge is 0.258 e. The summed E-state index contributed by atoms with van der Waals surface area (Å²) >= 11 is 0. The van der Waals surface area contributed by atoms with E-state index in [1.165, 1.54) is 24.3 Å². The first-order valence-electron chi connectivity index (χ1n) is 7.72. The lowest BCUT2D eigenvalue weighted by Gasteiger charge is -2.14. The van der Waals surface area contributed by atoms with Gasteiger partial charge in [0.1, 0.15) is 6.54 Å². The van der Waals surface area contributed by atoms with Crippen LogP contribution in [0, 0.1) is 10.1 Å². The number of hydrogen-bond acceptors (Lipinski definition) is 3. The second kappa shape index (κ2) is 7.35. The molecule has 0 aliphatic carbocycles. The number of pyridine rings is 1. The molecule has 6 heteroatoms. The number of H-pyrrole nitrogens is 1. The van der Waals surface area contributed by atoms with E-state index in [0.29, 0.717) is 17.9 Å². The number of carbonyl (C=O) groups is 1. The molecule has 0 atom stereocenters. The van der Waals surface area contributed by atoms with E-state index in [0.717, 1.165) is 5.56 Å². The fraction of sp³-hybridized carbons (Fsp3) is 0.0526. The summed E-state index contributed by atoms with van der Waals surface area (Å²) in [7, 11) is 0. The van der Waals surface area contributed by atoms with Gasteiger partial charge in [0.15, 0.2) is 0 Å². The van der Waals surface area contributed by atoms with Gasteiger partial charge in [0, 0.05) is 18.2 Å². The van der Waals surface area contributed by atoms with Gasteiger partial charge in [-0.2, -0.15) is 4.90 Å². The van der Waals surface area contributed by atoms with Gasteiger partial charge in [-0.05, 0) is 23.8 Å². The Labute approximate surface area is 144 Å². The maximum absolute atomic E-state index is 13.0. The second-order valence-corrected chi connectivity index (χ2v) is 5.43. The Hall–Kier alpha value is -3.54. The van der Waals surface area contributed by atoms with Crippen molar-refractivity contribution in [3.8, 4) is 0 Å². The minimum atomic E-state index is -0.485. The van der Waals surface area contributed by atoms with Crippen LogP contribution < -0.4 is 9.88 Å². The molecule has 1 N–H and O–H groups in total. The zero-order valence-corrected chi connectivity index (χ0v) is 13.3. The Morgan fingerprint density at radius 1 is 0.960 bits per heavy atom. The van der Waals surface area contributed by atoms with Crippen LogP contribution in [0.15, 0.2) is 79.0 Å². The number of hydrogen-bond donors (Lipinski definition) is 0. The van der Waals surface area contributed by atoms with Gasteiger partial charge in [0.05, 0.1) is 16.7 Å². The number of carbonyl (C=O) groups excluding carboxylic acids is 1. The first-order valence-corrected chi connectivity index (χ1v) is 7.72. The molecule has 1 amide bonds. The van der Waals surface area contributed by atoms with E-state index in [1.807, 2.05) is 48.5 Å². The Kier molecular flexibility index (Phi) is 4.80. The molecular weight excluding hydrogens is 318 g/mol. The fourth-order valence-corrected chi connectivity index (χ4v) is 2.47. The maximum Gasteiger partial charge on any atom is 0.341 e. The van der Waals surface area contributed by atoms with Gasteiger partial charge in [-0.25, -0.2) is 9.78 Å². The number of amides is 1. The van der Waals surface area contributed by atoms with Gasteiger partial charge < -0.3 is 0 Å². The van der Waals surface area contributed by atoms with E-state index in [2.05, 4.69) is 4.98 Å². The molecule has 2 aromatic carbocycles. The van der Waals surface area contributed by atoms with Crippen LogP contribution in [-0.4, -0.2) is 10.8 Å². The molecule has 0 bridgehead atoms. The molecule has 0 aliphatic rings. The molecule has 1 heterocycles. The third-order valence-electron chi connectivity index (χ3n) is 3.74. The summed E-state index contributed by atoms with van der Waals surface area (Å²) in [6.45, 7) is 0.386. The average molecular weight is 334 g/mol. The van der Waals surface area contributed by atoms with Gasteiger partial charge in [0.25, 0.3) is 11.5 Å². The van der Waals surface area contributed by atoms with Crippen LogP contribution in [0.2, 0.25) is 0 Å². The highest BCUT2D eigenvalue weighted by molar-refractivity contribution is 6.05. The summed E-state index contributed by atoms with van der Waals surface area (Å²) in [5.41, 5.74) is 1.33. The van der Waals surface area contributed by atoms with Gasteiger partial charge in [-0.3, -0.25) is 10.1 Å². The molecule has 0 fully saturated rings. The van der Waals surface area contributed by atoms with Crippen LogP contribution in [0.3, 0.4) is 0 Å². The summed E-state index contributed by atoms with van der Waals surface area (Å²) in [4.78, 5) is 27.9. The number of aromatic amines is 1. The number of anilines is 1. The highest BCUT2D eigenvalue weighted by atomic mass is 16.6. The van der Waals surface area contributed by atoms with Crippen molar-refractivity contribution in [3.05, 3.63) is 100 Å². The van der Waals surface area contributed by atoms with Crippen molar-refractivity contribution in [2.24, 2.45) is 0 Å². The van der Waals surface area contributed by atoms with Crippen molar-refractivity contribution < 1.29 is 14.7 Å². The minimum absolute atomic E-state index is 0.0440.